The molecule has 0 saturated heterocycles. The summed E-state index contributed by atoms with van der Waals surface area (Å²) in [5.41, 5.74) is 1.22. The van der Waals surface area contributed by atoms with Crippen LogP contribution < -0.4 is 0 Å². The van der Waals surface area contributed by atoms with E-state index in [0.29, 0.717) is 13.0 Å². The molecule has 4 nitrogen and oxygen atoms in total. The fourth-order valence-electron chi connectivity index (χ4n) is 2.15. The van der Waals surface area contributed by atoms with Crippen molar-refractivity contribution in [2.75, 3.05) is 13.7 Å². The maximum atomic E-state index is 10.8. The first kappa shape index (κ1) is 16.7. The number of methoxy groups -OCH3 is 1. The fourth-order valence-corrected chi connectivity index (χ4v) is 2.85. The minimum absolute atomic E-state index is 0.115. The molecule has 1 N–H and O–H groups in total. The molecule has 0 bridgehead atoms. The molecule has 110 valence electrons. The van der Waals surface area contributed by atoms with Gasteiger partial charge in [0.15, 0.2) is 0 Å². The fraction of sp³-hybridized carbons (Fsp3) is 0.786. The topological polar surface area (TPSA) is 47.3 Å². The number of aliphatic hydroxyl groups is 1. The van der Waals surface area contributed by atoms with Crippen molar-refractivity contribution in [3.8, 4) is 0 Å². The predicted octanol–water partition coefficient (Wildman–Crippen LogP) is 2.80. The minimum Gasteiger partial charge on any atom is -0.387 e. The van der Waals surface area contributed by atoms with Crippen LogP contribution in [0.1, 0.15) is 39.1 Å². The van der Waals surface area contributed by atoms with Crippen LogP contribution in [-0.2, 0) is 24.1 Å². The monoisotopic (exact) mass is 332 g/mol. The van der Waals surface area contributed by atoms with Gasteiger partial charge in [-0.05, 0) is 35.2 Å². The van der Waals surface area contributed by atoms with Crippen LogP contribution in [0.5, 0.6) is 0 Å². The van der Waals surface area contributed by atoms with E-state index in [1.54, 1.807) is 7.11 Å². The van der Waals surface area contributed by atoms with Crippen LogP contribution in [0, 0.1) is 5.92 Å². The Morgan fingerprint density at radius 2 is 2.05 bits per heavy atom. The lowest BCUT2D eigenvalue weighted by Crippen LogP contribution is -2.42. The summed E-state index contributed by atoms with van der Waals surface area (Å²) in [7, 11) is 1.62. The lowest BCUT2D eigenvalue weighted by molar-refractivity contribution is -0.0650. The Morgan fingerprint density at radius 1 is 1.42 bits per heavy atom. The number of aryl methyl sites for hydroxylation is 2. The number of halogens is 1. The molecule has 0 aliphatic rings. The van der Waals surface area contributed by atoms with Crippen LogP contribution >= 0.6 is 15.9 Å². The third kappa shape index (κ3) is 3.58. The molecule has 0 fully saturated rings. The highest BCUT2D eigenvalue weighted by atomic mass is 79.9. The highest BCUT2D eigenvalue weighted by Crippen LogP contribution is 2.29. The van der Waals surface area contributed by atoms with Gasteiger partial charge in [-0.1, -0.05) is 20.8 Å². The third-order valence-electron chi connectivity index (χ3n) is 3.64. The number of aromatic nitrogens is 2. The Bertz CT molecular complexity index is 418. The van der Waals surface area contributed by atoms with Gasteiger partial charge in [0.05, 0.1) is 28.1 Å². The van der Waals surface area contributed by atoms with Crippen molar-refractivity contribution >= 4 is 15.9 Å². The van der Waals surface area contributed by atoms with E-state index in [1.807, 2.05) is 18.5 Å². The summed E-state index contributed by atoms with van der Waals surface area (Å²) in [6, 6.07) is 0. The van der Waals surface area contributed by atoms with Crippen molar-refractivity contribution in [3.05, 3.63) is 15.9 Å². The average molecular weight is 333 g/mol. The van der Waals surface area contributed by atoms with Gasteiger partial charge in [-0.2, -0.15) is 5.10 Å². The molecular formula is C14H25BrN2O2. The van der Waals surface area contributed by atoms with Gasteiger partial charge in [0, 0.05) is 20.1 Å². The van der Waals surface area contributed by atoms with Crippen LogP contribution in [0.15, 0.2) is 4.47 Å². The molecule has 5 heteroatoms. The number of hydrogen-bond donors (Lipinski definition) is 1. The molecule has 0 spiro atoms. The molecule has 1 atom stereocenters. The quantitative estimate of drug-likeness (QED) is 0.835. The zero-order chi connectivity index (χ0) is 14.6. The summed E-state index contributed by atoms with van der Waals surface area (Å²) in [5, 5.41) is 15.3. The highest BCUT2D eigenvalue weighted by molar-refractivity contribution is 9.10. The summed E-state index contributed by atoms with van der Waals surface area (Å²) in [6.45, 7) is 9.30. The summed E-state index contributed by atoms with van der Waals surface area (Å²) in [5.74, 6) is 0.115. The third-order valence-corrected chi connectivity index (χ3v) is 4.55. The van der Waals surface area contributed by atoms with Crippen molar-refractivity contribution in [2.24, 2.45) is 5.92 Å². The van der Waals surface area contributed by atoms with E-state index >= 15 is 0 Å². The van der Waals surface area contributed by atoms with Crippen molar-refractivity contribution < 1.29 is 9.84 Å². The van der Waals surface area contributed by atoms with Crippen LogP contribution in [-0.4, -0.2) is 34.2 Å². The van der Waals surface area contributed by atoms with Gasteiger partial charge in [-0.3, -0.25) is 4.68 Å². The Kier molecular flexibility index (Phi) is 6.02. The maximum absolute atomic E-state index is 10.8. The van der Waals surface area contributed by atoms with Crippen LogP contribution in [0.2, 0.25) is 0 Å². The molecule has 19 heavy (non-hydrogen) atoms. The second kappa shape index (κ2) is 6.86. The normalized spacial score (nSPS) is 14.9. The minimum atomic E-state index is -0.866. The molecule has 0 saturated carbocycles. The molecule has 1 unspecified atom stereocenters. The van der Waals surface area contributed by atoms with E-state index in [4.69, 9.17) is 4.74 Å². The number of rotatable bonds is 7. The Morgan fingerprint density at radius 3 is 2.47 bits per heavy atom. The predicted molar refractivity (Wildman–Crippen MR) is 80.3 cm³/mol. The molecule has 0 aliphatic heterocycles. The lowest BCUT2D eigenvalue weighted by atomic mass is 9.86. The molecular weight excluding hydrogens is 308 g/mol. The smallest absolute Gasteiger partial charge is 0.0958 e. The van der Waals surface area contributed by atoms with Gasteiger partial charge in [0.25, 0.3) is 0 Å². The van der Waals surface area contributed by atoms with E-state index in [9.17, 15) is 5.11 Å². The van der Waals surface area contributed by atoms with E-state index in [1.165, 1.54) is 0 Å². The van der Waals surface area contributed by atoms with Crippen LogP contribution in [0.3, 0.4) is 0 Å². The number of nitrogens with zero attached hydrogens (tertiary/aromatic N) is 2. The molecule has 1 heterocycles. The van der Waals surface area contributed by atoms with Crippen molar-refractivity contribution in [1.29, 1.82) is 0 Å². The summed E-state index contributed by atoms with van der Waals surface area (Å²) >= 11 is 3.62. The highest BCUT2D eigenvalue weighted by Gasteiger charge is 2.34. The van der Waals surface area contributed by atoms with Crippen molar-refractivity contribution in [2.45, 2.75) is 52.7 Å². The molecule has 1 aromatic heterocycles. The van der Waals surface area contributed by atoms with Gasteiger partial charge in [0.1, 0.15) is 0 Å². The Hall–Kier alpha value is -0.390. The van der Waals surface area contributed by atoms with Gasteiger partial charge in [-0.25, -0.2) is 0 Å². The summed E-state index contributed by atoms with van der Waals surface area (Å²) in [4.78, 5) is 0. The Labute approximate surface area is 124 Å². The first-order valence-corrected chi connectivity index (χ1v) is 7.64. The molecule has 0 amide bonds. The summed E-state index contributed by atoms with van der Waals surface area (Å²) in [6.07, 6.45) is 1.42. The van der Waals surface area contributed by atoms with Crippen molar-refractivity contribution in [1.82, 2.24) is 9.78 Å². The van der Waals surface area contributed by atoms with Gasteiger partial charge in [-0.15, -0.1) is 0 Å². The summed E-state index contributed by atoms with van der Waals surface area (Å²) < 4.78 is 8.18. The van der Waals surface area contributed by atoms with E-state index < -0.39 is 5.60 Å². The second-order valence-electron chi connectivity index (χ2n) is 5.24. The lowest BCUT2D eigenvalue weighted by Gasteiger charge is -2.31. The van der Waals surface area contributed by atoms with E-state index in [0.717, 1.165) is 28.8 Å². The number of hydrogen-bond acceptors (Lipinski definition) is 3. The standard InChI is InChI=1S/C14H25BrN2O2/c1-6-11-13(15)12(17(7-2)16-11)8-14(18,9-19-5)10(3)4/h10,18H,6-9H2,1-5H3. The van der Waals surface area contributed by atoms with Gasteiger partial charge < -0.3 is 9.84 Å². The van der Waals surface area contributed by atoms with E-state index in [2.05, 4.69) is 34.9 Å². The SMILES string of the molecule is CCc1nn(CC)c(CC(O)(COC)C(C)C)c1Br. The van der Waals surface area contributed by atoms with Crippen LogP contribution in [0.25, 0.3) is 0 Å². The zero-order valence-corrected chi connectivity index (χ0v) is 14.1. The first-order valence-electron chi connectivity index (χ1n) is 6.84. The first-order chi connectivity index (χ1) is 8.89. The maximum Gasteiger partial charge on any atom is 0.0958 e. The Balaban J connectivity index is 3.12. The molecule has 0 aliphatic carbocycles. The molecule has 0 radical (unpaired) electrons. The second-order valence-corrected chi connectivity index (χ2v) is 6.04. The average Bonchev–Trinajstić information content (AvgIpc) is 2.66. The van der Waals surface area contributed by atoms with Crippen LogP contribution in [0.4, 0.5) is 0 Å². The molecule has 1 rings (SSSR count). The van der Waals surface area contributed by atoms with E-state index in [-0.39, 0.29) is 5.92 Å². The van der Waals surface area contributed by atoms with Gasteiger partial charge in [0.2, 0.25) is 0 Å². The van der Waals surface area contributed by atoms with Crippen molar-refractivity contribution in [3.63, 3.8) is 0 Å². The molecule has 0 aromatic carbocycles. The number of ether oxygens (including phenoxy) is 1. The molecule has 1 aromatic rings. The largest absolute Gasteiger partial charge is 0.387 e. The van der Waals surface area contributed by atoms with Gasteiger partial charge >= 0.3 is 0 Å². The zero-order valence-electron chi connectivity index (χ0n) is 12.5.